The lowest BCUT2D eigenvalue weighted by molar-refractivity contribution is 0.00578. The predicted octanol–water partition coefficient (Wildman–Crippen LogP) is 6.25. The average Bonchev–Trinajstić information content (AvgIpc) is 2.98. The highest BCUT2D eigenvalue weighted by Crippen LogP contribution is 2.36. The molecular weight excluding hydrogens is 465 g/mol. The van der Waals surface area contributed by atoms with Gasteiger partial charge in [0, 0.05) is 5.41 Å². The number of hydrogen-bond acceptors (Lipinski definition) is 5. The van der Waals surface area contributed by atoms with Crippen LogP contribution >= 0.6 is 0 Å². The molecule has 0 bridgehead atoms. The molecule has 7 heteroatoms. The van der Waals surface area contributed by atoms with Crippen LogP contribution in [0.2, 0.25) is 0 Å². The second kappa shape index (κ2) is 10.7. The fourth-order valence-corrected chi connectivity index (χ4v) is 3.93. The lowest BCUT2D eigenvalue weighted by atomic mass is 9.79. The van der Waals surface area contributed by atoms with Crippen LogP contribution in [0.4, 0.5) is 4.79 Å². The molecule has 0 saturated carbocycles. The zero-order chi connectivity index (χ0) is 27.6. The highest BCUT2D eigenvalue weighted by molar-refractivity contribution is 6.62. The number of carbonyl (C=O) groups excluding carboxylic acids is 1. The van der Waals surface area contributed by atoms with Crippen molar-refractivity contribution >= 4 is 18.7 Å². The number of amides is 1. The Hall–Kier alpha value is -2.51. The Morgan fingerprint density at radius 1 is 0.919 bits per heavy atom. The summed E-state index contributed by atoms with van der Waals surface area (Å²) in [4.78, 5) is 12.7. The lowest BCUT2D eigenvalue weighted by Gasteiger charge is -2.32. The molecule has 202 valence electrons. The molecule has 1 N–H and O–H groups in total. The summed E-state index contributed by atoms with van der Waals surface area (Å²) in [5.41, 5.74) is 1.90. The van der Waals surface area contributed by atoms with Gasteiger partial charge in [-0.2, -0.15) is 0 Å². The number of carbonyl (C=O) groups is 1. The largest absolute Gasteiger partial charge is 0.494 e. The molecule has 1 atom stereocenters. The number of rotatable bonds is 7. The maximum Gasteiger partial charge on any atom is 0.494 e. The van der Waals surface area contributed by atoms with Crippen molar-refractivity contribution in [1.82, 2.24) is 5.32 Å². The van der Waals surface area contributed by atoms with E-state index < -0.39 is 30.6 Å². The number of para-hydroxylation sites is 1. The van der Waals surface area contributed by atoms with Crippen LogP contribution in [0.15, 0.2) is 48.5 Å². The van der Waals surface area contributed by atoms with E-state index in [-0.39, 0.29) is 17.4 Å². The molecule has 0 radical (unpaired) electrons. The number of ether oxygens (including phenoxy) is 2. The quantitative estimate of drug-likeness (QED) is 0.353. The van der Waals surface area contributed by atoms with E-state index in [1.807, 2.05) is 90.9 Å². The van der Waals surface area contributed by atoms with Gasteiger partial charge in [-0.25, -0.2) is 4.79 Å². The smallest absolute Gasteiger partial charge is 0.470 e. The minimum atomic E-state index is -0.563. The summed E-state index contributed by atoms with van der Waals surface area (Å²) in [5.74, 6) is 0.774. The monoisotopic (exact) mass is 509 g/mol. The van der Waals surface area contributed by atoms with Crippen molar-refractivity contribution in [3.63, 3.8) is 0 Å². The fraction of sp³-hybridized carbons (Fsp3) is 0.567. The van der Waals surface area contributed by atoms with Gasteiger partial charge in [-0.3, -0.25) is 5.32 Å². The summed E-state index contributed by atoms with van der Waals surface area (Å²) in [6, 6.07) is 15.7. The number of benzene rings is 2. The summed E-state index contributed by atoms with van der Waals surface area (Å²) in [6.45, 7) is 20.9. The van der Waals surface area contributed by atoms with Crippen LogP contribution in [0.5, 0.6) is 5.75 Å². The Balaban J connectivity index is 1.60. The van der Waals surface area contributed by atoms with Gasteiger partial charge in [-0.05, 0) is 62.2 Å². The van der Waals surface area contributed by atoms with E-state index in [0.29, 0.717) is 0 Å². The number of nitrogens with one attached hydrogen (secondary N) is 1. The molecule has 0 aromatic heterocycles. The third-order valence-electron chi connectivity index (χ3n) is 6.85. The molecule has 1 saturated heterocycles. The SMILES string of the molecule is CC(C)(C)Cc1ccccc1OC(NC(=O)OCc1ccc(B2OC(C)(C)C(C)(C)O2)cc1)C(C)(C)C. The third kappa shape index (κ3) is 7.75. The Bertz CT molecular complexity index is 1050. The van der Waals surface area contributed by atoms with E-state index in [9.17, 15) is 4.79 Å². The molecule has 1 amide bonds. The van der Waals surface area contributed by atoms with Crippen LogP contribution in [-0.2, 0) is 27.1 Å². The molecule has 3 rings (SSSR count). The maximum atomic E-state index is 12.7. The Labute approximate surface area is 223 Å². The Morgan fingerprint density at radius 3 is 2.03 bits per heavy atom. The van der Waals surface area contributed by atoms with E-state index in [4.69, 9.17) is 18.8 Å². The van der Waals surface area contributed by atoms with Gasteiger partial charge in [0.15, 0.2) is 6.23 Å². The van der Waals surface area contributed by atoms with E-state index in [1.54, 1.807) is 0 Å². The van der Waals surface area contributed by atoms with Crippen LogP contribution in [-0.4, -0.2) is 30.6 Å². The normalized spacial score (nSPS) is 17.8. The van der Waals surface area contributed by atoms with E-state index in [1.165, 1.54) is 0 Å². The Morgan fingerprint density at radius 2 is 1.49 bits per heavy atom. The van der Waals surface area contributed by atoms with Gasteiger partial charge >= 0.3 is 13.2 Å². The summed E-state index contributed by atoms with van der Waals surface area (Å²) in [6.07, 6.45) is -0.220. The summed E-state index contributed by atoms with van der Waals surface area (Å²) >= 11 is 0. The van der Waals surface area contributed by atoms with Crippen molar-refractivity contribution in [2.45, 2.75) is 99.7 Å². The second-order valence-corrected chi connectivity index (χ2v) is 13.3. The molecule has 0 aliphatic carbocycles. The number of alkyl carbamates (subject to hydrolysis) is 1. The van der Waals surface area contributed by atoms with Gasteiger partial charge in [0.25, 0.3) is 0 Å². The number of hydrogen-bond donors (Lipinski definition) is 1. The summed E-state index contributed by atoms with van der Waals surface area (Å²) < 4.78 is 24.1. The molecule has 1 aliphatic heterocycles. The zero-order valence-corrected chi connectivity index (χ0v) is 24.2. The van der Waals surface area contributed by atoms with Crippen molar-refractivity contribution in [2.24, 2.45) is 10.8 Å². The van der Waals surface area contributed by atoms with Crippen molar-refractivity contribution in [3.05, 3.63) is 59.7 Å². The van der Waals surface area contributed by atoms with Crippen molar-refractivity contribution in [3.8, 4) is 5.75 Å². The molecule has 1 unspecified atom stereocenters. The predicted molar refractivity (Wildman–Crippen MR) is 149 cm³/mol. The molecule has 1 fully saturated rings. The van der Waals surface area contributed by atoms with Gasteiger partial charge in [0.1, 0.15) is 12.4 Å². The van der Waals surface area contributed by atoms with E-state index in [0.717, 1.165) is 28.8 Å². The van der Waals surface area contributed by atoms with Crippen LogP contribution in [0.1, 0.15) is 80.4 Å². The van der Waals surface area contributed by atoms with Gasteiger partial charge in [0.05, 0.1) is 11.2 Å². The first-order chi connectivity index (χ1) is 17.0. The highest BCUT2D eigenvalue weighted by atomic mass is 16.7. The molecule has 2 aromatic rings. The van der Waals surface area contributed by atoms with E-state index in [2.05, 4.69) is 32.2 Å². The highest BCUT2D eigenvalue weighted by Gasteiger charge is 2.51. The maximum absolute atomic E-state index is 12.7. The standard InChI is InChI=1S/C30H44BNO5/c1-27(2,3)19-22-13-11-12-14-24(22)35-25(28(4,5)6)32-26(33)34-20-21-15-17-23(18-16-21)31-36-29(7,8)30(9,10)37-31/h11-18,25H,19-20H2,1-10H3,(H,32,33). The Kier molecular flexibility index (Phi) is 8.40. The van der Waals surface area contributed by atoms with Crippen molar-refractivity contribution in [1.29, 1.82) is 0 Å². The first kappa shape index (κ1) is 29.1. The van der Waals surface area contributed by atoms with Gasteiger partial charge < -0.3 is 18.8 Å². The average molecular weight is 509 g/mol. The molecular formula is C30H44BNO5. The third-order valence-corrected chi connectivity index (χ3v) is 6.85. The minimum Gasteiger partial charge on any atom is -0.470 e. The van der Waals surface area contributed by atoms with E-state index >= 15 is 0 Å². The first-order valence-corrected chi connectivity index (χ1v) is 13.1. The minimum absolute atomic E-state index is 0.112. The van der Waals surface area contributed by atoms with Crippen LogP contribution in [0.25, 0.3) is 0 Å². The molecule has 6 nitrogen and oxygen atoms in total. The van der Waals surface area contributed by atoms with Crippen LogP contribution < -0.4 is 15.5 Å². The van der Waals surface area contributed by atoms with Crippen LogP contribution in [0.3, 0.4) is 0 Å². The molecule has 1 heterocycles. The van der Waals surface area contributed by atoms with Gasteiger partial charge in [0.2, 0.25) is 0 Å². The van der Waals surface area contributed by atoms with Gasteiger partial charge in [-0.1, -0.05) is 84.0 Å². The van der Waals surface area contributed by atoms with Gasteiger partial charge in [-0.15, -0.1) is 0 Å². The molecule has 37 heavy (non-hydrogen) atoms. The van der Waals surface area contributed by atoms with Crippen molar-refractivity contribution in [2.75, 3.05) is 0 Å². The first-order valence-electron chi connectivity index (χ1n) is 13.1. The van der Waals surface area contributed by atoms with Crippen molar-refractivity contribution < 1.29 is 23.6 Å². The molecule has 2 aromatic carbocycles. The summed E-state index contributed by atoms with van der Waals surface area (Å²) in [5, 5.41) is 2.92. The second-order valence-electron chi connectivity index (χ2n) is 13.3. The lowest BCUT2D eigenvalue weighted by Crippen LogP contribution is -2.48. The fourth-order valence-electron chi connectivity index (χ4n) is 3.93. The topological polar surface area (TPSA) is 66.0 Å². The molecule has 1 aliphatic rings. The summed E-state index contributed by atoms with van der Waals surface area (Å²) in [7, 11) is -0.422. The molecule has 0 spiro atoms. The zero-order valence-electron chi connectivity index (χ0n) is 24.2. The van der Waals surface area contributed by atoms with Crippen LogP contribution in [0, 0.1) is 10.8 Å².